The molecule has 0 spiro atoms. The number of carbonyl (C=O) groups excluding carboxylic acids is 2. The normalized spacial score (nSPS) is 10.8. The molecule has 0 bridgehead atoms. The number of benzene rings is 2. The Hall–Kier alpha value is -2.69. The van der Waals surface area contributed by atoms with Crippen LogP contribution < -0.4 is 5.32 Å². The molecule has 0 heterocycles. The maximum Gasteiger partial charge on any atom is 0.349 e. The molecule has 5 nitrogen and oxygen atoms in total. The van der Waals surface area contributed by atoms with Crippen LogP contribution in [0.5, 0.6) is 0 Å². The summed E-state index contributed by atoms with van der Waals surface area (Å²) in [4.78, 5) is 23.7. The lowest BCUT2D eigenvalue weighted by Crippen LogP contribution is -2.21. The lowest BCUT2D eigenvalue weighted by molar-refractivity contribution is -0.142. The van der Waals surface area contributed by atoms with Crippen LogP contribution in [-0.4, -0.2) is 18.5 Å². The van der Waals surface area contributed by atoms with E-state index in [4.69, 9.17) is 21.6 Å². The summed E-state index contributed by atoms with van der Waals surface area (Å²) < 4.78 is 19.0. The Morgan fingerprint density at radius 1 is 1.27 bits per heavy atom. The Labute approximate surface area is 162 Å². The van der Waals surface area contributed by atoms with Crippen molar-refractivity contribution in [3.05, 3.63) is 68.9 Å². The van der Waals surface area contributed by atoms with E-state index in [0.29, 0.717) is 15.1 Å². The van der Waals surface area contributed by atoms with Crippen LogP contribution in [0.4, 0.5) is 10.1 Å². The van der Waals surface area contributed by atoms with Gasteiger partial charge in [-0.2, -0.15) is 5.26 Å². The molecule has 0 aliphatic carbocycles. The van der Waals surface area contributed by atoms with Crippen LogP contribution in [0, 0.1) is 17.1 Å². The summed E-state index contributed by atoms with van der Waals surface area (Å²) in [6.45, 7) is -0.659. The minimum atomic E-state index is -0.964. The molecule has 0 aromatic heterocycles. The van der Waals surface area contributed by atoms with Gasteiger partial charge in [-0.1, -0.05) is 39.7 Å². The van der Waals surface area contributed by atoms with Crippen molar-refractivity contribution in [1.82, 2.24) is 0 Å². The average molecular weight is 438 g/mol. The van der Waals surface area contributed by atoms with Crippen LogP contribution in [0.25, 0.3) is 6.08 Å². The smallest absolute Gasteiger partial charge is 0.349 e. The van der Waals surface area contributed by atoms with Crippen LogP contribution in [0.2, 0.25) is 5.02 Å². The zero-order valence-corrected chi connectivity index (χ0v) is 15.5. The summed E-state index contributed by atoms with van der Waals surface area (Å²) in [6, 6.07) is 12.3. The van der Waals surface area contributed by atoms with E-state index in [1.165, 1.54) is 18.2 Å². The highest BCUT2D eigenvalue weighted by atomic mass is 79.9. The Morgan fingerprint density at radius 3 is 2.58 bits per heavy atom. The van der Waals surface area contributed by atoms with Crippen LogP contribution in [0.15, 0.2) is 52.5 Å². The molecule has 2 rings (SSSR count). The molecule has 0 fully saturated rings. The summed E-state index contributed by atoms with van der Waals surface area (Å²) in [5.41, 5.74) is 0.241. The fourth-order valence-electron chi connectivity index (χ4n) is 1.85. The number of carbonyl (C=O) groups is 2. The molecule has 26 heavy (non-hydrogen) atoms. The zero-order chi connectivity index (χ0) is 19.1. The van der Waals surface area contributed by atoms with E-state index in [1.54, 1.807) is 36.4 Å². The Kier molecular flexibility index (Phi) is 6.89. The molecule has 2 aromatic rings. The van der Waals surface area contributed by atoms with E-state index < -0.39 is 24.3 Å². The van der Waals surface area contributed by atoms with Crippen molar-refractivity contribution in [3.63, 3.8) is 0 Å². The Balaban J connectivity index is 1.96. The van der Waals surface area contributed by atoms with Crippen molar-refractivity contribution >= 4 is 51.2 Å². The first kappa shape index (κ1) is 19.6. The van der Waals surface area contributed by atoms with Gasteiger partial charge >= 0.3 is 5.97 Å². The summed E-state index contributed by atoms with van der Waals surface area (Å²) in [6.07, 6.45) is 1.31. The molecule has 1 amide bonds. The second-order valence-corrected chi connectivity index (χ2v) is 6.32. The first-order chi connectivity index (χ1) is 12.4. The van der Waals surface area contributed by atoms with Gasteiger partial charge in [0.1, 0.15) is 17.5 Å². The van der Waals surface area contributed by atoms with Gasteiger partial charge in [0.05, 0.1) is 5.69 Å². The number of hydrogen-bond acceptors (Lipinski definition) is 4. The topological polar surface area (TPSA) is 79.2 Å². The van der Waals surface area contributed by atoms with Crippen molar-refractivity contribution < 1.29 is 18.7 Å². The first-order valence-corrected chi connectivity index (χ1v) is 8.35. The van der Waals surface area contributed by atoms with E-state index in [1.807, 2.05) is 0 Å². The summed E-state index contributed by atoms with van der Waals surface area (Å²) >= 11 is 8.87. The molecule has 0 aliphatic heterocycles. The fraction of sp³-hybridized carbons (Fsp3) is 0.0556. The fourth-order valence-corrected chi connectivity index (χ4v) is 2.31. The van der Waals surface area contributed by atoms with E-state index in [0.717, 1.165) is 0 Å². The second-order valence-electron chi connectivity index (χ2n) is 4.97. The number of nitriles is 1. The third kappa shape index (κ3) is 5.69. The molecule has 8 heteroatoms. The number of ether oxygens (including phenoxy) is 1. The third-order valence-electron chi connectivity index (χ3n) is 3.06. The summed E-state index contributed by atoms with van der Waals surface area (Å²) in [5.74, 6) is -2.34. The number of nitrogens with zero attached hydrogens (tertiary/aromatic N) is 1. The monoisotopic (exact) mass is 436 g/mol. The summed E-state index contributed by atoms with van der Waals surface area (Å²) in [5, 5.41) is 11.9. The van der Waals surface area contributed by atoms with Gasteiger partial charge in [0.2, 0.25) is 0 Å². The van der Waals surface area contributed by atoms with Crippen LogP contribution in [0.1, 0.15) is 5.56 Å². The van der Waals surface area contributed by atoms with Crippen molar-refractivity contribution in [2.24, 2.45) is 0 Å². The lowest BCUT2D eigenvalue weighted by Gasteiger charge is -2.07. The van der Waals surface area contributed by atoms with Gasteiger partial charge in [-0.05, 0) is 42.0 Å². The minimum absolute atomic E-state index is 0.0496. The minimum Gasteiger partial charge on any atom is -0.451 e. The number of nitrogens with one attached hydrogen (secondary N) is 1. The number of halogens is 3. The van der Waals surface area contributed by atoms with Gasteiger partial charge in [0.15, 0.2) is 6.61 Å². The van der Waals surface area contributed by atoms with Crippen molar-refractivity contribution in [3.8, 4) is 6.07 Å². The lowest BCUT2D eigenvalue weighted by atomic mass is 10.1. The number of anilines is 1. The molecular formula is C18H11BrClFN2O3. The molecule has 0 unspecified atom stereocenters. The van der Waals surface area contributed by atoms with Gasteiger partial charge < -0.3 is 10.1 Å². The van der Waals surface area contributed by atoms with E-state index in [2.05, 4.69) is 21.2 Å². The summed E-state index contributed by atoms with van der Waals surface area (Å²) in [7, 11) is 0. The molecule has 132 valence electrons. The molecule has 1 N–H and O–H groups in total. The van der Waals surface area contributed by atoms with E-state index in [9.17, 15) is 14.0 Å². The van der Waals surface area contributed by atoms with Gasteiger partial charge in [0.25, 0.3) is 5.91 Å². The molecular weight excluding hydrogens is 427 g/mol. The molecule has 2 aromatic carbocycles. The van der Waals surface area contributed by atoms with Crippen LogP contribution in [-0.2, 0) is 14.3 Å². The van der Waals surface area contributed by atoms with Crippen molar-refractivity contribution in [2.75, 3.05) is 11.9 Å². The SMILES string of the molecule is N#C/C(=C\c1ccc(Cl)cc1)C(=O)OCC(=O)Nc1ccc(Br)cc1F. The quantitative estimate of drug-likeness (QED) is 0.429. The van der Waals surface area contributed by atoms with Gasteiger partial charge in [-0.3, -0.25) is 4.79 Å². The highest BCUT2D eigenvalue weighted by Crippen LogP contribution is 2.19. The Morgan fingerprint density at radius 2 is 1.96 bits per heavy atom. The first-order valence-electron chi connectivity index (χ1n) is 7.18. The standard InChI is InChI=1S/C18H11BrClFN2O3/c19-13-3-6-16(15(21)8-13)23-17(24)10-26-18(25)12(9-22)7-11-1-4-14(20)5-2-11/h1-8H,10H2,(H,23,24)/b12-7+. The molecule has 0 aliphatic rings. The average Bonchev–Trinajstić information content (AvgIpc) is 2.61. The highest BCUT2D eigenvalue weighted by molar-refractivity contribution is 9.10. The maximum atomic E-state index is 13.6. The molecule has 0 radical (unpaired) electrons. The second kappa shape index (κ2) is 9.13. The van der Waals surface area contributed by atoms with Gasteiger partial charge in [-0.25, -0.2) is 9.18 Å². The van der Waals surface area contributed by atoms with Crippen LogP contribution >= 0.6 is 27.5 Å². The Bertz CT molecular complexity index is 908. The van der Waals surface area contributed by atoms with Crippen LogP contribution in [0.3, 0.4) is 0 Å². The number of amides is 1. The number of esters is 1. The molecule has 0 saturated carbocycles. The third-order valence-corrected chi connectivity index (χ3v) is 3.81. The molecule has 0 saturated heterocycles. The number of hydrogen-bond donors (Lipinski definition) is 1. The highest BCUT2D eigenvalue weighted by Gasteiger charge is 2.14. The van der Waals surface area contributed by atoms with Gasteiger partial charge in [-0.15, -0.1) is 0 Å². The van der Waals surface area contributed by atoms with E-state index >= 15 is 0 Å². The van der Waals surface area contributed by atoms with Gasteiger partial charge in [0, 0.05) is 9.50 Å². The van der Waals surface area contributed by atoms with Crippen molar-refractivity contribution in [2.45, 2.75) is 0 Å². The largest absolute Gasteiger partial charge is 0.451 e. The maximum absolute atomic E-state index is 13.6. The predicted molar refractivity (Wildman–Crippen MR) is 98.7 cm³/mol. The van der Waals surface area contributed by atoms with E-state index in [-0.39, 0.29) is 11.3 Å². The predicted octanol–water partition coefficient (Wildman–Crippen LogP) is 4.33. The van der Waals surface area contributed by atoms with Crippen molar-refractivity contribution in [1.29, 1.82) is 5.26 Å². The zero-order valence-electron chi connectivity index (χ0n) is 13.1. The number of rotatable bonds is 5. The molecule has 0 atom stereocenters.